The molecule has 15 heavy (non-hydrogen) atoms. The molecular formula is C9H11N3O3. The van der Waals surface area contributed by atoms with E-state index in [0.717, 1.165) is 12.8 Å². The van der Waals surface area contributed by atoms with Gasteiger partial charge < -0.3 is 10.5 Å². The van der Waals surface area contributed by atoms with Crippen LogP contribution in [-0.4, -0.2) is 16.0 Å². The fraction of sp³-hybridized carbons (Fsp3) is 0.444. The summed E-state index contributed by atoms with van der Waals surface area (Å²) in [7, 11) is 0. The monoisotopic (exact) mass is 209 g/mol. The van der Waals surface area contributed by atoms with E-state index in [-0.39, 0.29) is 24.1 Å². The number of rotatable bonds is 4. The van der Waals surface area contributed by atoms with E-state index in [0.29, 0.717) is 5.69 Å². The van der Waals surface area contributed by atoms with E-state index in [1.807, 2.05) is 0 Å². The normalized spacial score (nSPS) is 15.0. The van der Waals surface area contributed by atoms with Gasteiger partial charge in [0.2, 0.25) is 5.75 Å². The molecule has 0 atom stereocenters. The Morgan fingerprint density at radius 1 is 1.67 bits per heavy atom. The first-order valence-corrected chi connectivity index (χ1v) is 4.70. The number of ether oxygens (including phenoxy) is 1. The number of nitro groups is 1. The van der Waals surface area contributed by atoms with Crippen molar-refractivity contribution in [1.29, 1.82) is 0 Å². The van der Waals surface area contributed by atoms with E-state index < -0.39 is 4.92 Å². The molecule has 6 heteroatoms. The van der Waals surface area contributed by atoms with Gasteiger partial charge >= 0.3 is 5.69 Å². The number of aromatic nitrogens is 1. The number of pyridine rings is 1. The van der Waals surface area contributed by atoms with Gasteiger partial charge in [-0.2, -0.15) is 0 Å². The first kappa shape index (κ1) is 9.85. The van der Waals surface area contributed by atoms with Crippen molar-refractivity contribution in [2.75, 3.05) is 0 Å². The highest BCUT2D eigenvalue weighted by Crippen LogP contribution is 2.33. The van der Waals surface area contributed by atoms with Gasteiger partial charge in [-0.1, -0.05) is 0 Å². The predicted octanol–water partition coefficient (Wildman–Crippen LogP) is 0.990. The van der Waals surface area contributed by atoms with Crippen LogP contribution in [0.5, 0.6) is 5.75 Å². The molecular weight excluding hydrogens is 198 g/mol. The van der Waals surface area contributed by atoms with Gasteiger partial charge in [-0.3, -0.25) is 15.1 Å². The Kier molecular flexibility index (Phi) is 2.51. The van der Waals surface area contributed by atoms with Crippen molar-refractivity contribution < 1.29 is 9.66 Å². The third kappa shape index (κ3) is 2.21. The van der Waals surface area contributed by atoms with Gasteiger partial charge in [0.15, 0.2) is 0 Å². The molecule has 1 aromatic rings. The maximum atomic E-state index is 10.7. The van der Waals surface area contributed by atoms with Crippen molar-refractivity contribution in [3.05, 3.63) is 28.1 Å². The van der Waals surface area contributed by atoms with Crippen molar-refractivity contribution in [3.8, 4) is 5.75 Å². The Labute approximate surface area is 86.2 Å². The molecule has 0 radical (unpaired) electrons. The molecule has 1 saturated carbocycles. The maximum Gasteiger partial charge on any atom is 0.329 e. The Morgan fingerprint density at radius 3 is 2.93 bits per heavy atom. The number of nitrogens with zero attached hydrogens (tertiary/aromatic N) is 2. The fourth-order valence-corrected chi connectivity index (χ4v) is 1.18. The van der Waals surface area contributed by atoms with E-state index >= 15 is 0 Å². The average Bonchev–Trinajstić information content (AvgIpc) is 3.01. The van der Waals surface area contributed by atoms with Crippen LogP contribution in [0.15, 0.2) is 12.3 Å². The summed E-state index contributed by atoms with van der Waals surface area (Å²) in [6.45, 7) is 0.249. The van der Waals surface area contributed by atoms with Crippen LogP contribution in [0, 0.1) is 10.1 Å². The topological polar surface area (TPSA) is 91.3 Å². The molecule has 1 aromatic heterocycles. The van der Waals surface area contributed by atoms with Crippen molar-refractivity contribution in [2.45, 2.75) is 25.5 Å². The van der Waals surface area contributed by atoms with E-state index in [2.05, 4.69) is 4.98 Å². The van der Waals surface area contributed by atoms with Gasteiger partial charge in [0.05, 0.1) is 16.7 Å². The van der Waals surface area contributed by atoms with Crippen LogP contribution >= 0.6 is 0 Å². The molecule has 0 aromatic carbocycles. The highest BCUT2D eigenvalue weighted by Gasteiger charge is 2.27. The lowest BCUT2D eigenvalue weighted by atomic mass is 10.3. The van der Waals surface area contributed by atoms with E-state index in [1.54, 1.807) is 0 Å². The molecule has 0 amide bonds. The summed E-state index contributed by atoms with van der Waals surface area (Å²) in [6, 6.07) is 1.54. The van der Waals surface area contributed by atoms with Gasteiger partial charge in [-0.15, -0.1) is 0 Å². The van der Waals surface area contributed by atoms with Crippen molar-refractivity contribution in [2.24, 2.45) is 5.73 Å². The molecule has 2 N–H and O–H groups in total. The summed E-state index contributed by atoms with van der Waals surface area (Å²) >= 11 is 0. The lowest BCUT2D eigenvalue weighted by Gasteiger charge is -2.05. The highest BCUT2D eigenvalue weighted by atomic mass is 16.6. The van der Waals surface area contributed by atoms with Gasteiger partial charge in [0.1, 0.15) is 6.20 Å². The molecule has 1 heterocycles. The molecule has 1 fully saturated rings. The zero-order chi connectivity index (χ0) is 10.8. The van der Waals surface area contributed by atoms with Gasteiger partial charge in [0, 0.05) is 12.6 Å². The van der Waals surface area contributed by atoms with Crippen LogP contribution in [0.2, 0.25) is 0 Å². The second kappa shape index (κ2) is 3.82. The Morgan fingerprint density at radius 2 is 2.40 bits per heavy atom. The van der Waals surface area contributed by atoms with E-state index in [9.17, 15) is 10.1 Å². The van der Waals surface area contributed by atoms with Crippen molar-refractivity contribution in [1.82, 2.24) is 4.98 Å². The molecule has 6 nitrogen and oxygen atoms in total. The summed E-state index contributed by atoms with van der Waals surface area (Å²) in [5.74, 6) is 0.276. The highest BCUT2D eigenvalue weighted by molar-refractivity contribution is 5.45. The number of nitrogens with two attached hydrogens (primary N) is 1. The van der Waals surface area contributed by atoms with Crippen molar-refractivity contribution in [3.63, 3.8) is 0 Å². The Balaban J connectivity index is 2.30. The van der Waals surface area contributed by atoms with Gasteiger partial charge in [0.25, 0.3) is 0 Å². The van der Waals surface area contributed by atoms with Gasteiger partial charge in [-0.25, -0.2) is 0 Å². The first-order chi connectivity index (χ1) is 7.20. The lowest BCUT2D eigenvalue weighted by Crippen LogP contribution is -2.05. The van der Waals surface area contributed by atoms with Crippen LogP contribution in [0.1, 0.15) is 18.5 Å². The van der Waals surface area contributed by atoms with Crippen LogP contribution in [0.4, 0.5) is 5.69 Å². The summed E-state index contributed by atoms with van der Waals surface area (Å²) in [5, 5.41) is 10.7. The summed E-state index contributed by atoms with van der Waals surface area (Å²) < 4.78 is 5.42. The van der Waals surface area contributed by atoms with E-state index in [1.165, 1.54) is 12.3 Å². The smallest absolute Gasteiger partial charge is 0.329 e. The van der Waals surface area contributed by atoms with Crippen LogP contribution in [-0.2, 0) is 6.54 Å². The van der Waals surface area contributed by atoms with Crippen LogP contribution in [0.3, 0.4) is 0 Å². The number of hydrogen-bond acceptors (Lipinski definition) is 5. The quantitative estimate of drug-likeness (QED) is 0.589. The molecule has 1 aliphatic carbocycles. The van der Waals surface area contributed by atoms with Crippen molar-refractivity contribution >= 4 is 5.69 Å². The molecule has 1 aliphatic rings. The second-order valence-corrected chi connectivity index (χ2v) is 3.42. The zero-order valence-corrected chi connectivity index (χ0v) is 8.05. The minimum absolute atomic E-state index is 0.0981. The molecule has 0 bridgehead atoms. The first-order valence-electron chi connectivity index (χ1n) is 4.70. The molecule has 0 spiro atoms. The summed E-state index contributed by atoms with van der Waals surface area (Å²) in [5.41, 5.74) is 5.90. The minimum atomic E-state index is -0.495. The SMILES string of the molecule is NCc1cc(OC2CC2)c([N+](=O)[O-])cn1. The Bertz CT molecular complexity index is 390. The van der Waals surface area contributed by atoms with Crippen LogP contribution in [0.25, 0.3) is 0 Å². The maximum absolute atomic E-state index is 10.7. The molecule has 80 valence electrons. The third-order valence-corrected chi connectivity index (χ3v) is 2.13. The van der Waals surface area contributed by atoms with E-state index in [4.69, 9.17) is 10.5 Å². The lowest BCUT2D eigenvalue weighted by molar-refractivity contribution is -0.386. The molecule has 0 unspecified atom stereocenters. The minimum Gasteiger partial charge on any atom is -0.483 e. The second-order valence-electron chi connectivity index (χ2n) is 3.42. The van der Waals surface area contributed by atoms with Gasteiger partial charge in [-0.05, 0) is 12.8 Å². The largest absolute Gasteiger partial charge is 0.483 e. The number of hydrogen-bond donors (Lipinski definition) is 1. The zero-order valence-electron chi connectivity index (χ0n) is 8.05. The summed E-state index contributed by atoms with van der Waals surface area (Å²) in [6.07, 6.45) is 3.23. The molecule has 0 saturated heterocycles. The average molecular weight is 209 g/mol. The predicted molar refractivity (Wildman–Crippen MR) is 52.4 cm³/mol. The molecule has 0 aliphatic heterocycles. The third-order valence-electron chi connectivity index (χ3n) is 2.13. The standard InChI is InChI=1S/C9H11N3O3/c10-4-6-3-9(15-7-1-2-7)8(5-11-6)12(13)14/h3,5,7H,1-2,4,10H2. The molecule has 2 rings (SSSR count). The Hall–Kier alpha value is -1.69. The summed E-state index contributed by atoms with van der Waals surface area (Å²) in [4.78, 5) is 14.0. The van der Waals surface area contributed by atoms with Crippen LogP contribution < -0.4 is 10.5 Å². The fourth-order valence-electron chi connectivity index (χ4n) is 1.18.